The molecule has 0 aromatic carbocycles. The normalized spacial score (nSPS) is 17.8. The third-order valence-electron chi connectivity index (χ3n) is 4.60. The first kappa shape index (κ1) is 16.9. The molecule has 5 nitrogen and oxygen atoms in total. The largest absolute Gasteiger partial charge is 0.373 e. The molecule has 1 N–H and O–H groups in total. The first-order valence-electron chi connectivity index (χ1n) is 8.41. The van der Waals surface area contributed by atoms with Crippen molar-refractivity contribution in [2.24, 2.45) is 0 Å². The van der Waals surface area contributed by atoms with Crippen molar-refractivity contribution in [1.29, 1.82) is 0 Å². The van der Waals surface area contributed by atoms with Gasteiger partial charge < -0.3 is 10.2 Å². The number of piperidine rings is 1. The molecule has 0 radical (unpaired) electrons. The number of carbonyl (C=O) groups excluding carboxylic acids is 1. The zero-order chi connectivity index (χ0) is 17.1. The van der Waals surface area contributed by atoms with Gasteiger partial charge in [-0.1, -0.05) is 0 Å². The highest BCUT2D eigenvalue weighted by molar-refractivity contribution is 7.11. The highest BCUT2D eigenvalue weighted by Crippen LogP contribution is 2.28. The average Bonchev–Trinajstić information content (AvgIpc) is 2.92. The van der Waals surface area contributed by atoms with Gasteiger partial charge >= 0.3 is 0 Å². The highest BCUT2D eigenvalue weighted by Gasteiger charge is 2.25. The molecule has 1 aliphatic heterocycles. The first-order valence-corrected chi connectivity index (χ1v) is 9.23. The van der Waals surface area contributed by atoms with Crippen molar-refractivity contribution in [2.75, 3.05) is 25.5 Å². The van der Waals surface area contributed by atoms with Gasteiger partial charge in [0.05, 0.1) is 17.1 Å². The number of rotatable bonds is 4. The Bertz CT molecular complexity index is 728. The van der Waals surface area contributed by atoms with Crippen LogP contribution in [0.1, 0.15) is 39.9 Å². The minimum Gasteiger partial charge on any atom is -0.373 e. The molecule has 24 heavy (non-hydrogen) atoms. The molecule has 6 heteroatoms. The van der Waals surface area contributed by atoms with Gasteiger partial charge in [-0.15, -0.1) is 11.3 Å². The van der Waals surface area contributed by atoms with Crippen LogP contribution in [0.15, 0.2) is 18.3 Å². The van der Waals surface area contributed by atoms with Gasteiger partial charge in [0.15, 0.2) is 0 Å². The van der Waals surface area contributed by atoms with Crippen molar-refractivity contribution in [3.8, 4) is 0 Å². The maximum atomic E-state index is 12.7. The van der Waals surface area contributed by atoms with Crippen LogP contribution in [0.3, 0.4) is 0 Å². The lowest BCUT2D eigenvalue weighted by Gasteiger charge is -2.33. The minimum absolute atomic E-state index is 0.217. The zero-order valence-corrected chi connectivity index (χ0v) is 15.3. The van der Waals surface area contributed by atoms with E-state index in [2.05, 4.69) is 27.4 Å². The Morgan fingerprint density at radius 3 is 3.00 bits per heavy atom. The molecule has 1 atom stereocenters. The Labute approximate surface area is 147 Å². The molecule has 1 fully saturated rings. The fourth-order valence-electron chi connectivity index (χ4n) is 3.30. The quantitative estimate of drug-likeness (QED) is 0.926. The lowest BCUT2D eigenvalue weighted by Crippen LogP contribution is -2.39. The van der Waals surface area contributed by atoms with Crippen LogP contribution in [-0.4, -0.2) is 40.9 Å². The summed E-state index contributed by atoms with van der Waals surface area (Å²) >= 11 is 1.63. The van der Waals surface area contributed by atoms with Gasteiger partial charge in [0, 0.05) is 37.1 Å². The van der Waals surface area contributed by atoms with E-state index in [4.69, 9.17) is 0 Å². The summed E-state index contributed by atoms with van der Waals surface area (Å²) in [6.07, 6.45) is 4.48. The van der Waals surface area contributed by atoms with E-state index in [9.17, 15) is 4.79 Å². The zero-order valence-electron chi connectivity index (χ0n) is 14.5. The van der Waals surface area contributed by atoms with Crippen LogP contribution in [0.2, 0.25) is 0 Å². The van der Waals surface area contributed by atoms with Gasteiger partial charge in [-0.2, -0.15) is 0 Å². The number of hydrogen-bond acceptors (Lipinski definition) is 5. The Hall–Kier alpha value is -1.95. The van der Waals surface area contributed by atoms with Crippen LogP contribution in [0.5, 0.6) is 0 Å². The van der Waals surface area contributed by atoms with Crippen LogP contribution in [0, 0.1) is 13.8 Å². The second-order valence-corrected chi connectivity index (χ2v) is 7.61. The molecule has 0 spiro atoms. The van der Waals surface area contributed by atoms with Gasteiger partial charge in [-0.25, -0.2) is 9.97 Å². The molecule has 0 aliphatic carbocycles. The van der Waals surface area contributed by atoms with Crippen LogP contribution in [0.25, 0.3) is 0 Å². The summed E-state index contributed by atoms with van der Waals surface area (Å²) in [5.41, 5.74) is 2.25. The minimum atomic E-state index is 0.217. The molecular formula is C18H24N4OS. The number of hydrogen-bond donors (Lipinski definition) is 1. The molecule has 0 saturated carbocycles. The molecule has 128 valence electrons. The molecular weight excluding hydrogens is 320 g/mol. The van der Waals surface area contributed by atoms with Crippen molar-refractivity contribution < 1.29 is 4.79 Å². The third-order valence-corrected chi connectivity index (χ3v) is 5.67. The van der Waals surface area contributed by atoms with Crippen LogP contribution in [-0.2, 0) is 11.2 Å². The number of nitrogens with zero attached hydrogens (tertiary/aromatic N) is 3. The second kappa shape index (κ2) is 7.30. The van der Waals surface area contributed by atoms with E-state index in [-0.39, 0.29) is 5.91 Å². The van der Waals surface area contributed by atoms with Crippen molar-refractivity contribution >= 4 is 23.1 Å². The van der Waals surface area contributed by atoms with E-state index in [1.807, 2.05) is 32.0 Å². The third kappa shape index (κ3) is 3.75. The fraction of sp³-hybridized carbons (Fsp3) is 0.500. The molecule has 2 aromatic heterocycles. The maximum absolute atomic E-state index is 12.7. The van der Waals surface area contributed by atoms with E-state index in [1.165, 1.54) is 5.56 Å². The fourth-order valence-corrected chi connectivity index (χ4v) is 4.23. The number of anilines is 1. The lowest BCUT2D eigenvalue weighted by atomic mass is 9.91. The topological polar surface area (TPSA) is 58.1 Å². The summed E-state index contributed by atoms with van der Waals surface area (Å²) in [5, 5.41) is 4.12. The predicted octanol–water partition coefficient (Wildman–Crippen LogP) is 3.15. The first-order chi connectivity index (χ1) is 11.6. The van der Waals surface area contributed by atoms with Gasteiger partial charge in [0.1, 0.15) is 5.82 Å². The van der Waals surface area contributed by atoms with E-state index < -0.39 is 0 Å². The summed E-state index contributed by atoms with van der Waals surface area (Å²) < 4.78 is 0. The number of aromatic nitrogens is 2. The molecule has 3 rings (SSSR count). The van der Waals surface area contributed by atoms with E-state index in [1.54, 1.807) is 11.3 Å². The van der Waals surface area contributed by atoms with Crippen LogP contribution < -0.4 is 5.32 Å². The summed E-state index contributed by atoms with van der Waals surface area (Å²) in [6, 6.07) is 4.16. The lowest BCUT2D eigenvalue weighted by molar-refractivity contribution is -0.131. The van der Waals surface area contributed by atoms with Crippen LogP contribution >= 0.6 is 11.3 Å². The number of aryl methyl sites for hydroxylation is 2. The summed E-state index contributed by atoms with van der Waals surface area (Å²) in [6.45, 7) is 5.63. The molecule has 1 amide bonds. The number of pyridine rings is 1. The molecule has 2 aromatic rings. The molecule has 1 saturated heterocycles. The maximum Gasteiger partial charge on any atom is 0.227 e. The summed E-state index contributed by atoms with van der Waals surface area (Å²) in [7, 11) is 1.88. The molecule has 1 aliphatic rings. The molecule has 3 heterocycles. The van der Waals surface area contributed by atoms with Gasteiger partial charge in [-0.05, 0) is 44.4 Å². The van der Waals surface area contributed by atoms with Gasteiger partial charge in [-0.3, -0.25) is 4.79 Å². The predicted molar refractivity (Wildman–Crippen MR) is 97.6 cm³/mol. The Morgan fingerprint density at radius 2 is 2.29 bits per heavy atom. The summed E-state index contributed by atoms with van der Waals surface area (Å²) in [4.78, 5) is 24.5. The van der Waals surface area contributed by atoms with Crippen molar-refractivity contribution in [3.63, 3.8) is 0 Å². The Balaban J connectivity index is 1.68. The standard InChI is InChI=1S/C18H24N4OS/c1-12-16(24-13(2)21-12)10-18(23)22-8-4-5-15(11-22)14-6-7-20-17(9-14)19-3/h6-7,9,15H,4-5,8,10-11H2,1-3H3,(H,19,20)/t15-/m1/s1. The Morgan fingerprint density at radius 1 is 1.46 bits per heavy atom. The van der Waals surface area contributed by atoms with Crippen LogP contribution in [0.4, 0.5) is 5.82 Å². The highest BCUT2D eigenvalue weighted by atomic mass is 32.1. The van der Waals surface area contributed by atoms with E-state index >= 15 is 0 Å². The van der Waals surface area contributed by atoms with E-state index in [0.717, 1.165) is 47.3 Å². The van der Waals surface area contributed by atoms with Crippen molar-refractivity contribution in [2.45, 2.75) is 39.0 Å². The number of nitrogens with one attached hydrogen (secondary N) is 1. The van der Waals surface area contributed by atoms with E-state index in [0.29, 0.717) is 12.3 Å². The smallest absolute Gasteiger partial charge is 0.227 e. The van der Waals surface area contributed by atoms with Gasteiger partial charge in [0.25, 0.3) is 0 Å². The van der Waals surface area contributed by atoms with Gasteiger partial charge in [0.2, 0.25) is 5.91 Å². The van der Waals surface area contributed by atoms with Crippen molar-refractivity contribution in [1.82, 2.24) is 14.9 Å². The second-order valence-electron chi connectivity index (χ2n) is 6.32. The number of likely N-dealkylation sites (tertiary alicyclic amines) is 1. The SMILES string of the molecule is CNc1cc([C@@H]2CCCN(C(=O)Cc3sc(C)nc3C)C2)ccn1. The van der Waals surface area contributed by atoms with Crippen molar-refractivity contribution in [3.05, 3.63) is 39.5 Å². The average molecular weight is 344 g/mol. The monoisotopic (exact) mass is 344 g/mol. The summed E-state index contributed by atoms with van der Waals surface area (Å²) in [5.74, 6) is 1.49. The Kier molecular flexibility index (Phi) is 5.14. The number of amides is 1. The number of thiazole rings is 1. The molecule has 0 bridgehead atoms. The number of carbonyl (C=O) groups is 1. The molecule has 0 unspecified atom stereocenters.